The first-order valence-corrected chi connectivity index (χ1v) is 11.6. The number of aliphatic hydroxyl groups excluding tert-OH is 1. The van der Waals surface area contributed by atoms with Gasteiger partial charge in [-0.15, -0.1) is 0 Å². The van der Waals surface area contributed by atoms with Crippen molar-refractivity contribution in [3.05, 3.63) is 92.6 Å². The summed E-state index contributed by atoms with van der Waals surface area (Å²) in [6.45, 7) is 2.33. The minimum absolute atomic E-state index is 0.00204. The minimum Gasteiger partial charge on any atom is -0.508 e. The summed E-state index contributed by atoms with van der Waals surface area (Å²) >= 11 is 0.986. The van der Waals surface area contributed by atoms with E-state index in [9.17, 15) is 20.1 Å². The van der Waals surface area contributed by atoms with Crippen LogP contribution in [0.4, 0.5) is 0 Å². The summed E-state index contributed by atoms with van der Waals surface area (Å²) in [6, 6.07) is 18.8. The van der Waals surface area contributed by atoms with Crippen LogP contribution in [0.2, 0.25) is 0 Å². The van der Waals surface area contributed by atoms with Gasteiger partial charge in [0.15, 0.2) is 0 Å². The summed E-state index contributed by atoms with van der Waals surface area (Å²) in [5, 5.41) is 37.0. The van der Waals surface area contributed by atoms with Gasteiger partial charge in [-0.25, -0.2) is 0 Å². The molecule has 1 heterocycles. The monoisotopic (exact) mass is 465 g/mol. The van der Waals surface area contributed by atoms with Gasteiger partial charge in [-0.05, 0) is 36.2 Å². The molecule has 0 radical (unpaired) electrons. The van der Waals surface area contributed by atoms with Gasteiger partial charge in [-0.2, -0.15) is 0 Å². The van der Waals surface area contributed by atoms with Crippen LogP contribution in [0, 0.1) is 0 Å². The Kier molecular flexibility index (Phi) is 7.41. The van der Waals surface area contributed by atoms with Gasteiger partial charge in [-0.1, -0.05) is 59.9 Å². The second-order valence-electron chi connectivity index (χ2n) is 7.91. The van der Waals surface area contributed by atoms with Gasteiger partial charge in [-0.3, -0.25) is 4.79 Å². The molecule has 0 spiro atoms. The fourth-order valence-corrected chi connectivity index (χ4v) is 4.70. The van der Waals surface area contributed by atoms with Crippen molar-refractivity contribution >= 4 is 21.6 Å². The summed E-state index contributed by atoms with van der Waals surface area (Å²) in [5.41, 5.74) is 4.21. The molecule has 0 amide bonds. The van der Waals surface area contributed by atoms with E-state index in [1.807, 2.05) is 24.3 Å². The zero-order valence-electron chi connectivity index (χ0n) is 18.0. The SMILES string of the molecule is O=c1[nH]c2c(O)ccc([C@@H](O)CNCCc3cccc(CNCc4ccccc4O)c3)c2s1. The largest absolute Gasteiger partial charge is 0.508 e. The molecule has 7 nitrogen and oxygen atoms in total. The number of aliphatic hydroxyl groups is 1. The number of phenols is 2. The number of aromatic amines is 1. The predicted molar refractivity (Wildman–Crippen MR) is 131 cm³/mol. The Hall–Kier alpha value is -3.17. The summed E-state index contributed by atoms with van der Waals surface area (Å²) < 4.78 is 0.582. The molecular weight excluding hydrogens is 438 g/mol. The number of thiazole rings is 1. The van der Waals surface area contributed by atoms with E-state index in [4.69, 9.17) is 0 Å². The molecule has 0 unspecified atom stereocenters. The number of benzene rings is 3. The Balaban J connectivity index is 1.26. The predicted octanol–water partition coefficient (Wildman–Crippen LogP) is 3.16. The highest BCUT2D eigenvalue weighted by Crippen LogP contribution is 2.31. The lowest BCUT2D eigenvalue weighted by molar-refractivity contribution is 0.176. The number of H-pyrrole nitrogens is 1. The summed E-state index contributed by atoms with van der Waals surface area (Å²) in [6.07, 6.45) is 0.0205. The number of phenolic OH excluding ortho intramolecular Hbond substituents is 2. The van der Waals surface area contributed by atoms with Gasteiger partial charge >= 0.3 is 4.87 Å². The maximum Gasteiger partial charge on any atom is 0.305 e. The molecule has 0 aliphatic carbocycles. The Bertz CT molecular complexity index is 1280. The van der Waals surface area contributed by atoms with Crippen molar-refractivity contribution < 1.29 is 15.3 Å². The van der Waals surface area contributed by atoms with Crippen LogP contribution in [0.1, 0.15) is 28.4 Å². The first-order chi connectivity index (χ1) is 16.0. The van der Waals surface area contributed by atoms with E-state index in [-0.39, 0.29) is 10.6 Å². The lowest BCUT2D eigenvalue weighted by atomic mass is 10.1. The molecule has 8 heteroatoms. The van der Waals surface area contributed by atoms with E-state index >= 15 is 0 Å². The highest BCUT2D eigenvalue weighted by atomic mass is 32.1. The van der Waals surface area contributed by atoms with E-state index < -0.39 is 6.10 Å². The number of para-hydroxylation sites is 1. The first kappa shape index (κ1) is 23.0. The molecule has 0 aliphatic heterocycles. The zero-order chi connectivity index (χ0) is 23.2. The smallest absolute Gasteiger partial charge is 0.305 e. The molecule has 6 N–H and O–H groups in total. The summed E-state index contributed by atoms with van der Waals surface area (Å²) in [7, 11) is 0. The van der Waals surface area contributed by atoms with Crippen LogP contribution in [0.15, 0.2) is 65.5 Å². The second kappa shape index (κ2) is 10.6. The van der Waals surface area contributed by atoms with Gasteiger partial charge in [0.05, 0.1) is 10.8 Å². The van der Waals surface area contributed by atoms with Gasteiger partial charge in [0, 0.05) is 30.8 Å². The molecule has 3 aromatic carbocycles. The molecule has 0 saturated carbocycles. The lowest BCUT2D eigenvalue weighted by Gasteiger charge is -2.14. The standard InChI is InChI=1S/C25H27N3O4S/c29-20-7-2-1-6-18(20)14-27-13-17-5-3-4-16(12-17)10-11-26-15-22(31)19-8-9-21(30)23-24(19)33-25(32)28-23/h1-9,12,22,26-27,29-31H,10-11,13-15H2,(H,28,32)/t22-/m0/s1. The van der Waals surface area contributed by atoms with Crippen LogP contribution < -0.4 is 15.5 Å². The Morgan fingerprint density at radius 1 is 0.909 bits per heavy atom. The average Bonchev–Trinajstić information content (AvgIpc) is 3.21. The third-order valence-electron chi connectivity index (χ3n) is 5.50. The zero-order valence-corrected chi connectivity index (χ0v) is 18.9. The number of nitrogens with one attached hydrogen (secondary N) is 3. The van der Waals surface area contributed by atoms with Gasteiger partial charge < -0.3 is 30.9 Å². The number of aromatic nitrogens is 1. The lowest BCUT2D eigenvalue weighted by Crippen LogP contribution is -2.24. The maximum atomic E-state index is 11.7. The van der Waals surface area contributed by atoms with E-state index in [2.05, 4.69) is 33.8 Å². The minimum atomic E-state index is -0.788. The van der Waals surface area contributed by atoms with E-state index in [1.54, 1.807) is 12.1 Å². The second-order valence-corrected chi connectivity index (χ2v) is 8.90. The molecule has 0 bridgehead atoms. The average molecular weight is 466 g/mol. The number of hydrogen-bond donors (Lipinski definition) is 6. The number of aromatic hydroxyl groups is 2. The van der Waals surface area contributed by atoms with Gasteiger partial charge in [0.1, 0.15) is 17.0 Å². The van der Waals surface area contributed by atoms with Crippen molar-refractivity contribution in [1.82, 2.24) is 15.6 Å². The van der Waals surface area contributed by atoms with Crippen molar-refractivity contribution in [2.75, 3.05) is 13.1 Å². The van der Waals surface area contributed by atoms with Crippen molar-refractivity contribution in [2.45, 2.75) is 25.6 Å². The number of hydrogen-bond acceptors (Lipinski definition) is 7. The van der Waals surface area contributed by atoms with Crippen LogP contribution >= 0.6 is 11.3 Å². The van der Waals surface area contributed by atoms with Crippen molar-refractivity contribution in [1.29, 1.82) is 0 Å². The Morgan fingerprint density at radius 3 is 2.58 bits per heavy atom. The highest BCUT2D eigenvalue weighted by Gasteiger charge is 2.15. The van der Waals surface area contributed by atoms with Crippen LogP contribution in [-0.2, 0) is 19.5 Å². The molecule has 0 saturated heterocycles. The molecule has 1 aromatic heterocycles. The molecular formula is C25H27N3O4S. The Labute approximate surface area is 195 Å². The van der Waals surface area contributed by atoms with Crippen molar-refractivity contribution in [3.8, 4) is 11.5 Å². The van der Waals surface area contributed by atoms with Crippen LogP contribution in [-0.4, -0.2) is 33.4 Å². The third-order valence-corrected chi connectivity index (χ3v) is 6.43. The van der Waals surface area contributed by atoms with Crippen LogP contribution in [0.3, 0.4) is 0 Å². The molecule has 0 fully saturated rings. The van der Waals surface area contributed by atoms with Crippen LogP contribution in [0.25, 0.3) is 10.2 Å². The van der Waals surface area contributed by atoms with Gasteiger partial charge in [0.2, 0.25) is 0 Å². The molecule has 4 rings (SSSR count). The van der Waals surface area contributed by atoms with E-state index in [0.29, 0.717) is 47.7 Å². The highest BCUT2D eigenvalue weighted by molar-refractivity contribution is 7.16. The van der Waals surface area contributed by atoms with Crippen molar-refractivity contribution in [3.63, 3.8) is 0 Å². The molecule has 1 atom stereocenters. The fraction of sp³-hybridized carbons (Fsp3) is 0.240. The number of rotatable bonds is 10. The van der Waals surface area contributed by atoms with Crippen LogP contribution in [0.5, 0.6) is 11.5 Å². The normalized spacial score (nSPS) is 12.3. The molecule has 4 aromatic rings. The van der Waals surface area contributed by atoms with E-state index in [1.165, 1.54) is 11.6 Å². The fourth-order valence-electron chi connectivity index (χ4n) is 3.78. The number of fused-ring (bicyclic) bond motifs is 1. The maximum absolute atomic E-state index is 11.7. The topological polar surface area (TPSA) is 118 Å². The third kappa shape index (κ3) is 5.80. The molecule has 33 heavy (non-hydrogen) atoms. The Morgan fingerprint density at radius 2 is 1.73 bits per heavy atom. The summed E-state index contributed by atoms with van der Waals surface area (Å²) in [4.78, 5) is 14.0. The molecule has 0 aliphatic rings. The first-order valence-electron chi connectivity index (χ1n) is 10.8. The van der Waals surface area contributed by atoms with E-state index in [0.717, 1.165) is 28.9 Å². The molecule has 172 valence electrons. The van der Waals surface area contributed by atoms with Gasteiger partial charge in [0.25, 0.3) is 0 Å². The summed E-state index contributed by atoms with van der Waals surface area (Å²) in [5.74, 6) is 0.299. The quantitative estimate of drug-likeness (QED) is 0.200. The van der Waals surface area contributed by atoms with Crippen molar-refractivity contribution in [2.24, 2.45) is 0 Å².